The van der Waals surface area contributed by atoms with Gasteiger partial charge >= 0.3 is 0 Å². The van der Waals surface area contributed by atoms with Gasteiger partial charge in [0.2, 0.25) is 0 Å². The molecule has 0 aliphatic carbocycles. The van der Waals surface area contributed by atoms with Gasteiger partial charge in [-0.15, -0.1) is 0 Å². The standard InChI is InChI=1S/C10H19N3/c1-10(2,3)6-8-4-5-9(13-8)7-12-11/h7-8H,4-6,11H2,1-3H3/b12-7-. The molecular weight excluding hydrogens is 162 g/mol. The molecule has 1 aliphatic heterocycles. The van der Waals surface area contributed by atoms with Gasteiger partial charge in [0.25, 0.3) is 0 Å². The lowest BCUT2D eigenvalue weighted by atomic mass is 9.87. The third-order valence-electron chi connectivity index (χ3n) is 2.15. The highest BCUT2D eigenvalue weighted by Crippen LogP contribution is 2.27. The van der Waals surface area contributed by atoms with E-state index < -0.39 is 0 Å². The van der Waals surface area contributed by atoms with E-state index in [4.69, 9.17) is 5.84 Å². The molecule has 0 aromatic heterocycles. The summed E-state index contributed by atoms with van der Waals surface area (Å²) in [4.78, 5) is 4.55. The highest BCUT2D eigenvalue weighted by atomic mass is 15.1. The van der Waals surface area contributed by atoms with Crippen LogP contribution in [0.5, 0.6) is 0 Å². The molecule has 1 rings (SSSR count). The van der Waals surface area contributed by atoms with Crippen molar-refractivity contribution in [1.82, 2.24) is 0 Å². The molecule has 0 bridgehead atoms. The fourth-order valence-corrected chi connectivity index (χ4v) is 1.72. The van der Waals surface area contributed by atoms with E-state index >= 15 is 0 Å². The van der Waals surface area contributed by atoms with Crippen LogP contribution >= 0.6 is 0 Å². The monoisotopic (exact) mass is 181 g/mol. The van der Waals surface area contributed by atoms with E-state index in [9.17, 15) is 0 Å². The Morgan fingerprint density at radius 3 is 2.85 bits per heavy atom. The summed E-state index contributed by atoms with van der Waals surface area (Å²) in [6, 6.07) is 0.480. The molecule has 0 saturated carbocycles. The van der Waals surface area contributed by atoms with E-state index in [2.05, 4.69) is 30.9 Å². The third-order valence-corrected chi connectivity index (χ3v) is 2.15. The number of aliphatic imine (C=N–C) groups is 1. The predicted molar refractivity (Wildman–Crippen MR) is 57.2 cm³/mol. The van der Waals surface area contributed by atoms with Crippen LogP contribution in [0.3, 0.4) is 0 Å². The predicted octanol–water partition coefficient (Wildman–Crippen LogP) is 1.97. The van der Waals surface area contributed by atoms with Crippen LogP contribution in [0.4, 0.5) is 0 Å². The maximum atomic E-state index is 5.07. The summed E-state index contributed by atoms with van der Waals surface area (Å²) in [5.41, 5.74) is 1.42. The molecular formula is C10H19N3. The minimum Gasteiger partial charge on any atom is -0.323 e. The largest absolute Gasteiger partial charge is 0.323 e. The first-order chi connectivity index (χ1) is 6.01. The maximum absolute atomic E-state index is 5.07. The molecule has 1 aliphatic rings. The molecule has 13 heavy (non-hydrogen) atoms. The van der Waals surface area contributed by atoms with Gasteiger partial charge in [0.05, 0.1) is 18.0 Å². The third kappa shape index (κ3) is 3.57. The van der Waals surface area contributed by atoms with Crippen LogP contribution in [-0.2, 0) is 0 Å². The summed E-state index contributed by atoms with van der Waals surface area (Å²) in [5.74, 6) is 5.07. The first-order valence-corrected chi connectivity index (χ1v) is 4.81. The van der Waals surface area contributed by atoms with Crippen LogP contribution in [0.2, 0.25) is 0 Å². The normalized spacial score (nSPS) is 23.9. The van der Waals surface area contributed by atoms with Crippen molar-refractivity contribution in [2.75, 3.05) is 0 Å². The van der Waals surface area contributed by atoms with Crippen LogP contribution < -0.4 is 5.84 Å². The number of hydrogen-bond donors (Lipinski definition) is 1. The molecule has 0 amide bonds. The van der Waals surface area contributed by atoms with E-state index in [0.29, 0.717) is 11.5 Å². The summed E-state index contributed by atoms with van der Waals surface area (Å²) in [7, 11) is 0. The van der Waals surface area contributed by atoms with Crippen molar-refractivity contribution in [3.05, 3.63) is 0 Å². The SMILES string of the molecule is CC(C)(C)CC1CCC(/C=N\N)=N1. The molecule has 0 aromatic carbocycles. The van der Waals surface area contributed by atoms with Gasteiger partial charge in [-0.05, 0) is 24.7 Å². The van der Waals surface area contributed by atoms with Gasteiger partial charge < -0.3 is 5.84 Å². The first kappa shape index (κ1) is 10.2. The quantitative estimate of drug-likeness (QED) is 0.395. The van der Waals surface area contributed by atoms with Gasteiger partial charge in [-0.1, -0.05) is 20.8 Å². The maximum Gasteiger partial charge on any atom is 0.0676 e. The molecule has 1 heterocycles. The van der Waals surface area contributed by atoms with Crippen LogP contribution in [0.25, 0.3) is 0 Å². The van der Waals surface area contributed by atoms with Gasteiger partial charge in [0, 0.05) is 0 Å². The fraction of sp³-hybridized carbons (Fsp3) is 0.800. The minimum absolute atomic E-state index is 0.365. The van der Waals surface area contributed by atoms with Crippen molar-refractivity contribution >= 4 is 11.9 Å². The number of hydrazone groups is 1. The second-order valence-corrected chi connectivity index (χ2v) is 4.86. The topological polar surface area (TPSA) is 50.7 Å². The zero-order valence-corrected chi connectivity index (χ0v) is 8.75. The van der Waals surface area contributed by atoms with Crippen LogP contribution in [0.1, 0.15) is 40.0 Å². The minimum atomic E-state index is 0.365. The average Bonchev–Trinajstić information content (AvgIpc) is 2.33. The van der Waals surface area contributed by atoms with Crippen molar-refractivity contribution in [2.45, 2.75) is 46.1 Å². The summed E-state index contributed by atoms with van der Waals surface area (Å²) >= 11 is 0. The molecule has 0 saturated heterocycles. The Bertz CT molecular complexity index is 223. The summed E-state index contributed by atoms with van der Waals surface area (Å²) in [6.07, 6.45) is 5.00. The molecule has 0 radical (unpaired) electrons. The lowest BCUT2D eigenvalue weighted by Gasteiger charge is -2.20. The van der Waals surface area contributed by atoms with Crippen molar-refractivity contribution in [3.8, 4) is 0 Å². The van der Waals surface area contributed by atoms with E-state index in [0.717, 1.165) is 25.0 Å². The fourth-order valence-electron chi connectivity index (χ4n) is 1.72. The Morgan fingerprint density at radius 2 is 2.31 bits per heavy atom. The lowest BCUT2D eigenvalue weighted by Crippen LogP contribution is -2.13. The molecule has 2 N–H and O–H groups in total. The summed E-state index contributed by atoms with van der Waals surface area (Å²) < 4.78 is 0. The molecule has 1 atom stereocenters. The molecule has 74 valence electrons. The second-order valence-electron chi connectivity index (χ2n) is 4.86. The van der Waals surface area contributed by atoms with Crippen molar-refractivity contribution in [2.24, 2.45) is 21.4 Å². The molecule has 0 spiro atoms. The Hall–Kier alpha value is -0.860. The summed E-state index contributed by atoms with van der Waals surface area (Å²) in [6.45, 7) is 6.74. The average molecular weight is 181 g/mol. The lowest BCUT2D eigenvalue weighted by molar-refractivity contribution is 0.340. The zero-order valence-electron chi connectivity index (χ0n) is 8.75. The number of nitrogens with two attached hydrogens (primary N) is 1. The molecule has 3 heteroatoms. The van der Waals surface area contributed by atoms with Crippen molar-refractivity contribution < 1.29 is 0 Å². The number of rotatable bonds is 2. The molecule has 1 unspecified atom stereocenters. The molecule has 0 fully saturated rings. The molecule has 0 aromatic rings. The first-order valence-electron chi connectivity index (χ1n) is 4.81. The Kier molecular flexibility index (Phi) is 3.07. The number of nitrogens with zero attached hydrogens (tertiary/aromatic N) is 2. The van der Waals surface area contributed by atoms with E-state index in [1.165, 1.54) is 0 Å². The van der Waals surface area contributed by atoms with E-state index in [-0.39, 0.29) is 0 Å². The van der Waals surface area contributed by atoms with Gasteiger partial charge in [0.15, 0.2) is 0 Å². The van der Waals surface area contributed by atoms with Gasteiger partial charge in [-0.3, -0.25) is 4.99 Å². The number of hydrogen-bond acceptors (Lipinski definition) is 3. The van der Waals surface area contributed by atoms with Crippen LogP contribution in [-0.4, -0.2) is 18.0 Å². The van der Waals surface area contributed by atoms with Crippen molar-refractivity contribution in [1.29, 1.82) is 0 Å². The van der Waals surface area contributed by atoms with E-state index in [1.54, 1.807) is 6.21 Å². The van der Waals surface area contributed by atoms with Crippen LogP contribution in [0, 0.1) is 5.41 Å². The van der Waals surface area contributed by atoms with Gasteiger partial charge in [0.1, 0.15) is 0 Å². The van der Waals surface area contributed by atoms with Gasteiger partial charge in [-0.25, -0.2) is 0 Å². The Morgan fingerprint density at radius 1 is 1.62 bits per heavy atom. The smallest absolute Gasteiger partial charge is 0.0676 e. The second kappa shape index (κ2) is 3.90. The highest BCUT2D eigenvalue weighted by molar-refractivity contribution is 6.31. The summed E-state index contributed by atoms with van der Waals surface area (Å²) in [5, 5.41) is 3.49. The molecule has 3 nitrogen and oxygen atoms in total. The van der Waals surface area contributed by atoms with Crippen molar-refractivity contribution in [3.63, 3.8) is 0 Å². The van der Waals surface area contributed by atoms with E-state index in [1.807, 2.05) is 0 Å². The van der Waals surface area contributed by atoms with Crippen LogP contribution in [0.15, 0.2) is 10.1 Å². The Labute approximate surface area is 80.1 Å². The highest BCUT2D eigenvalue weighted by Gasteiger charge is 2.22. The Balaban J connectivity index is 2.48. The zero-order chi connectivity index (χ0) is 9.90. The van der Waals surface area contributed by atoms with Gasteiger partial charge in [-0.2, -0.15) is 5.10 Å².